The summed E-state index contributed by atoms with van der Waals surface area (Å²) in [6.45, 7) is 2.02. The number of carbonyl (C=O) groups excluding carboxylic acids is 4. The van der Waals surface area contributed by atoms with Crippen LogP contribution in [0.25, 0.3) is 0 Å². The maximum atomic E-state index is 13.8. The van der Waals surface area contributed by atoms with Gasteiger partial charge in [-0.25, -0.2) is 9.69 Å². The van der Waals surface area contributed by atoms with E-state index in [0.29, 0.717) is 28.3 Å². The van der Waals surface area contributed by atoms with E-state index >= 15 is 0 Å². The number of esters is 1. The molecule has 3 aromatic carbocycles. The van der Waals surface area contributed by atoms with E-state index in [0.717, 1.165) is 16.0 Å². The van der Waals surface area contributed by atoms with E-state index < -0.39 is 23.8 Å². The van der Waals surface area contributed by atoms with E-state index in [9.17, 15) is 19.2 Å². The maximum absolute atomic E-state index is 13.8. The molecule has 3 amide bonds. The van der Waals surface area contributed by atoms with Crippen molar-refractivity contribution in [2.24, 2.45) is 0 Å². The van der Waals surface area contributed by atoms with Gasteiger partial charge in [-0.2, -0.15) is 0 Å². The Labute approximate surface area is 213 Å². The van der Waals surface area contributed by atoms with Gasteiger partial charge in [-0.05, 0) is 60.5 Å². The lowest BCUT2D eigenvalue weighted by molar-refractivity contribution is -0.122. The van der Waals surface area contributed by atoms with Crippen molar-refractivity contribution < 1.29 is 33.4 Å². The number of carbonyl (C=O) groups is 4. The van der Waals surface area contributed by atoms with Crippen molar-refractivity contribution in [3.8, 4) is 11.5 Å². The summed E-state index contributed by atoms with van der Waals surface area (Å²) in [6, 6.07) is 17.4. The average molecular weight is 501 g/mol. The third kappa shape index (κ3) is 4.51. The minimum atomic E-state index is -1.01. The number of methoxy groups -OCH3 is 1. The van der Waals surface area contributed by atoms with E-state index in [1.54, 1.807) is 30.3 Å². The minimum absolute atomic E-state index is 0.0859. The fourth-order valence-corrected chi connectivity index (χ4v) is 4.52. The normalized spacial score (nSPS) is 16.2. The summed E-state index contributed by atoms with van der Waals surface area (Å²) in [5.74, 6) is -0.671. The Kier molecular flexibility index (Phi) is 6.35. The molecule has 1 fully saturated rings. The molecule has 37 heavy (non-hydrogen) atoms. The van der Waals surface area contributed by atoms with Gasteiger partial charge in [0.15, 0.2) is 11.5 Å². The van der Waals surface area contributed by atoms with Crippen molar-refractivity contribution in [3.05, 3.63) is 89.0 Å². The third-order valence-electron chi connectivity index (χ3n) is 6.47. The lowest BCUT2D eigenvalue weighted by Gasteiger charge is -2.28. The van der Waals surface area contributed by atoms with Crippen molar-refractivity contribution in [2.45, 2.75) is 25.9 Å². The molecule has 0 aromatic heterocycles. The van der Waals surface area contributed by atoms with Crippen LogP contribution < -0.4 is 14.4 Å². The smallest absolute Gasteiger partial charge is 0.337 e. The molecule has 0 N–H and O–H groups in total. The minimum Gasteiger partial charge on any atom is -0.465 e. The standard InChI is InChI=1S/C28H24N2O7/c1-17-5-3-4-6-21(17)26(32)29(15-18-7-12-23-24(13-18)37-16-36-23)22-14-25(31)30(27(22)33)20-10-8-19(9-11-20)28(34)35-2/h3-13,22H,14-16H2,1-2H3. The zero-order valence-corrected chi connectivity index (χ0v) is 20.3. The van der Waals surface area contributed by atoms with Crippen LogP contribution in [-0.2, 0) is 20.9 Å². The molecule has 9 heteroatoms. The van der Waals surface area contributed by atoms with Gasteiger partial charge in [-0.3, -0.25) is 14.4 Å². The predicted octanol–water partition coefficient (Wildman–Crippen LogP) is 3.48. The Morgan fingerprint density at radius 3 is 2.46 bits per heavy atom. The Hall–Kier alpha value is -4.66. The number of benzene rings is 3. The molecule has 2 heterocycles. The second kappa shape index (κ2) is 9.77. The van der Waals surface area contributed by atoms with Crippen LogP contribution in [0.4, 0.5) is 5.69 Å². The molecular weight excluding hydrogens is 476 g/mol. The molecule has 0 radical (unpaired) electrons. The largest absolute Gasteiger partial charge is 0.465 e. The van der Waals surface area contributed by atoms with Crippen LogP contribution in [0.15, 0.2) is 66.7 Å². The van der Waals surface area contributed by atoms with Gasteiger partial charge in [0.2, 0.25) is 12.7 Å². The fraction of sp³-hybridized carbons (Fsp3) is 0.214. The van der Waals surface area contributed by atoms with E-state index in [4.69, 9.17) is 14.2 Å². The molecule has 0 spiro atoms. The zero-order chi connectivity index (χ0) is 26.1. The van der Waals surface area contributed by atoms with Gasteiger partial charge < -0.3 is 19.1 Å². The SMILES string of the molecule is COC(=O)c1ccc(N2C(=O)CC(N(Cc3ccc4c(c3)OCO4)C(=O)c3ccccc3C)C2=O)cc1. The summed E-state index contributed by atoms with van der Waals surface area (Å²) >= 11 is 0. The highest BCUT2D eigenvalue weighted by Gasteiger charge is 2.44. The van der Waals surface area contributed by atoms with E-state index in [-0.39, 0.29) is 25.7 Å². The highest BCUT2D eigenvalue weighted by atomic mass is 16.7. The molecular formula is C28H24N2O7. The van der Waals surface area contributed by atoms with Gasteiger partial charge in [-0.1, -0.05) is 24.3 Å². The molecule has 188 valence electrons. The van der Waals surface area contributed by atoms with Crippen LogP contribution in [0.2, 0.25) is 0 Å². The van der Waals surface area contributed by atoms with Crippen molar-refractivity contribution in [3.63, 3.8) is 0 Å². The number of hydrogen-bond donors (Lipinski definition) is 0. The van der Waals surface area contributed by atoms with Gasteiger partial charge >= 0.3 is 5.97 Å². The van der Waals surface area contributed by atoms with Crippen molar-refractivity contribution >= 4 is 29.4 Å². The fourth-order valence-electron chi connectivity index (χ4n) is 4.52. The number of rotatable bonds is 6. The Morgan fingerprint density at radius 1 is 1.00 bits per heavy atom. The molecule has 9 nitrogen and oxygen atoms in total. The number of nitrogens with zero attached hydrogens (tertiary/aromatic N) is 2. The van der Waals surface area contributed by atoms with Crippen LogP contribution in [-0.4, -0.2) is 48.5 Å². The van der Waals surface area contributed by atoms with Crippen molar-refractivity contribution in [2.75, 3.05) is 18.8 Å². The van der Waals surface area contributed by atoms with Crippen molar-refractivity contribution in [1.29, 1.82) is 0 Å². The summed E-state index contributed by atoms with van der Waals surface area (Å²) in [5, 5.41) is 0. The Morgan fingerprint density at radius 2 is 1.73 bits per heavy atom. The Balaban J connectivity index is 1.48. The van der Waals surface area contributed by atoms with Gasteiger partial charge in [-0.15, -0.1) is 0 Å². The third-order valence-corrected chi connectivity index (χ3v) is 6.47. The molecule has 2 aliphatic heterocycles. The van der Waals surface area contributed by atoms with Crippen LogP contribution >= 0.6 is 0 Å². The first kappa shape index (κ1) is 24.1. The molecule has 1 atom stereocenters. The molecule has 0 saturated carbocycles. The average Bonchev–Trinajstić information content (AvgIpc) is 3.50. The quantitative estimate of drug-likeness (QED) is 0.377. The topological polar surface area (TPSA) is 102 Å². The van der Waals surface area contributed by atoms with Crippen molar-refractivity contribution in [1.82, 2.24) is 4.90 Å². The van der Waals surface area contributed by atoms with E-state index in [1.165, 1.54) is 36.3 Å². The number of fused-ring (bicyclic) bond motifs is 1. The summed E-state index contributed by atoms with van der Waals surface area (Å²) in [6.07, 6.45) is -0.167. The summed E-state index contributed by atoms with van der Waals surface area (Å²) in [7, 11) is 1.27. The second-order valence-electron chi connectivity index (χ2n) is 8.76. The maximum Gasteiger partial charge on any atom is 0.337 e. The first-order valence-corrected chi connectivity index (χ1v) is 11.7. The van der Waals surface area contributed by atoms with E-state index in [2.05, 4.69) is 0 Å². The molecule has 5 rings (SSSR count). The number of anilines is 1. The number of ether oxygens (including phenoxy) is 3. The summed E-state index contributed by atoms with van der Waals surface area (Å²) in [4.78, 5) is 54.7. The molecule has 0 aliphatic carbocycles. The monoisotopic (exact) mass is 500 g/mol. The highest BCUT2D eigenvalue weighted by molar-refractivity contribution is 6.23. The predicted molar refractivity (Wildman–Crippen MR) is 132 cm³/mol. The molecule has 2 aliphatic rings. The highest BCUT2D eigenvalue weighted by Crippen LogP contribution is 2.34. The number of aryl methyl sites for hydroxylation is 1. The van der Waals surface area contributed by atoms with E-state index in [1.807, 2.05) is 19.1 Å². The van der Waals surface area contributed by atoms with Gasteiger partial charge in [0.25, 0.3) is 11.8 Å². The number of hydrogen-bond acceptors (Lipinski definition) is 7. The van der Waals surface area contributed by atoms with Gasteiger partial charge in [0.1, 0.15) is 6.04 Å². The number of amides is 3. The van der Waals surface area contributed by atoms with Crippen LogP contribution in [0, 0.1) is 6.92 Å². The summed E-state index contributed by atoms with van der Waals surface area (Å²) in [5.41, 5.74) is 2.55. The molecule has 3 aromatic rings. The Bertz CT molecular complexity index is 1400. The summed E-state index contributed by atoms with van der Waals surface area (Å²) < 4.78 is 15.6. The van der Waals surface area contributed by atoms with Crippen LogP contribution in [0.3, 0.4) is 0 Å². The van der Waals surface area contributed by atoms with Crippen LogP contribution in [0.1, 0.15) is 38.3 Å². The lowest BCUT2D eigenvalue weighted by atomic mass is 10.0. The zero-order valence-electron chi connectivity index (χ0n) is 20.3. The van der Waals surface area contributed by atoms with Gasteiger partial charge in [0, 0.05) is 12.1 Å². The first-order valence-electron chi connectivity index (χ1n) is 11.7. The van der Waals surface area contributed by atoms with Crippen LogP contribution in [0.5, 0.6) is 11.5 Å². The molecule has 0 bridgehead atoms. The molecule has 1 saturated heterocycles. The second-order valence-corrected chi connectivity index (χ2v) is 8.76. The van der Waals surface area contributed by atoms with Gasteiger partial charge in [0.05, 0.1) is 24.8 Å². The number of imide groups is 1. The first-order chi connectivity index (χ1) is 17.9. The molecule has 1 unspecified atom stereocenters. The lowest BCUT2D eigenvalue weighted by Crippen LogP contribution is -2.45.